The summed E-state index contributed by atoms with van der Waals surface area (Å²) in [4.78, 5) is 42.7. The van der Waals surface area contributed by atoms with Gasteiger partial charge in [0.05, 0.1) is 11.2 Å². The minimum absolute atomic E-state index is 0.220. The summed E-state index contributed by atoms with van der Waals surface area (Å²) in [5.41, 5.74) is 16.7. The van der Waals surface area contributed by atoms with Crippen LogP contribution in [0.25, 0.3) is 0 Å². The first-order valence-electron chi connectivity index (χ1n) is 15.3. The molecule has 0 saturated carbocycles. The van der Waals surface area contributed by atoms with Gasteiger partial charge in [0.25, 0.3) is 0 Å². The van der Waals surface area contributed by atoms with Crippen LogP contribution in [0.5, 0.6) is 11.5 Å². The third kappa shape index (κ3) is 5.59. The van der Waals surface area contributed by atoms with E-state index in [0.717, 1.165) is 0 Å². The number of ether oxygens (including phenoxy) is 2. The fraction of sp³-hybridized carbons (Fsp3) is 0.382. The summed E-state index contributed by atoms with van der Waals surface area (Å²) in [7, 11) is 0. The van der Waals surface area contributed by atoms with Gasteiger partial charge < -0.3 is 36.3 Å². The average Bonchev–Trinajstić information content (AvgIpc) is 3.43. The number of carbonyl (C=O) groups is 3. The van der Waals surface area contributed by atoms with Gasteiger partial charge >= 0.3 is 6.09 Å². The van der Waals surface area contributed by atoms with Gasteiger partial charge in [0.1, 0.15) is 22.6 Å². The van der Waals surface area contributed by atoms with E-state index < -0.39 is 33.8 Å². The summed E-state index contributed by atoms with van der Waals surface area (Å²) < 4.78 is 11.4. The number of piperidine rings is 1. The first-order chi connectivity index (χ1) is 21.7. The number of carbonyl (C=O) groups excluding carboxylic acids is 3. The Labute approximate surface area is 271 Å². The van der Waals surface area contributed by atoms with Gasteiger partial charge in [0, 0.05) is 29.7 Å². The number of hydrogen-bond donors (Lipinski definition) is 5. The summed E-state index contributed by atoms with van der Waals surface area (Å²) in [6, 6.07) is 19.1. The number of nitrogen functional groups attached to an aromatic ring is 1. The van der Waals surface area contributed by atoms with Crippen molar-refractivity contribution in [2.75, 3.05) is 18.8 Å². The number of hydrogen-bond acceptors (Lipinski definition) is 10. The minimum Gasteiger partial charge on any atom is -0.457 e. The highest BCUT2D eigenvalue weighted by Gasteiger charge is 2.63. The number of Topliss-reactive ketones (excluding diaryl/α,β-unsaturated/α-hetero) is 1. The minimum atomic E-state index is -2.48. The number of nitrogens with two attached hydrogens (primary N) is 3. The van der Waals surface area contributed by atoms with Gasteiger partial charge in [-0.1, -0.05) is 36.4 Å². The molecule has 4 atom stereocenters. The van der Waals surface area contributed by atoms with Gasteiger partial charge in [-0.2, -0.15) is 0 Å². The molecule has 3 aromatic rings. The quantitative estimate of drug-likeness (QED) is 0.203. The van der Waals surface area contributed by atoms with Crippen LogP contribution in [0, 0.1) is 0 Å². The Kier molecular flexibility index (Phi) is 8.04. The monoisotopic (exact) mass is 645 g/mol. The molecule has 2 heterocycles. The predicted molar refractivity (Wildman–Crippen MR) is 174 cm³/mol. The van der Waals surface area contributed by atoms with Crippen LogP contribution < -0.4 is 27.3 Å². The Morgan fingerprint density at radius 2 is 1.61 bits per heavy atom. The zero-order chi connectivity index (χ0) is 33.0. The Bertz CT molecular complexity index is 1670. The van der Waals surface area contributed by atoms with Gasteiger partial charge in [-0.15, -0.1) is 11.8 Å². The molecule has 8 N–H and O–H groups in total. The lowest BCUT2D eigenvalue weighted by atomic mass is 9.63. The average molecular weight is 646 g/mol. The van der Waals surface area contributed by atoms with Gasteiger partial charge in [0.2, 0.25) is 11.7 Å². The molecule has 2 amide bonds. The Balaban J connectivity index is 1.25. The van der Waals surface area contributed by atoms with Crippen molar-refractivity contribution in [1.29, 1.82) is 0 Å². The van der Waals surface area contributed by atoms with Gasteiger partial charge in [-0.05, 0) is 80.6 Å². The van der Waals surface area contributed by atoms with Gasteiger partial charge in [-0.25, -0.2) is 4.79 Å². The molecule has 0 bridgehead atoms. The van der Waals surface area contributed by atoms with E-state index in [-0.39, 0.29) is 18.0 Å². The summed E-state index contributed by atoms with van der Waals surface area (Å²) in [5, 5.41) is 13.9. The highest BCUT2D eigenvalue weighted by atomic mass is 32.2. The molecule has 11 nitrogen and oxygen atoms in total. The third-order valence-electron chi connectivity index (χ3n) is 8.75. The molecule has 12 heteroatoms. The number of rotatable bonds is 5. The highest BCUT2D eigenvalue weighted by Crippen LogP contribution is 2.58. The second-order valence-electron chi connectivity index (χ2n) is 13.1. The van der Waals surface area contributed by atoms with Crippen LogP contribution in [0.15, 0.2) is 71.6 Å². The molecule has 3 aliphatic rings. The van der Waals surface area contributed by atoms with Crippen LogP contribution in [0.3, 0.4) is 0 Å². The van der Waals surface area contributed by atoms with E-state index in [9.17, 15) is 19.5 Å². The molecule has 0 aromatic heterocycles. The second kappa shape index (κ2) is 11.6. The Morgan fingerprint density at radius 1 is 0.978 bits per heavy atom. The van der Waals surface area contributed by atoms with Crippen molar-refractivity contribution in [3.63, 3.8) is 0 Å². The van der Waals surface area contributed by atoms with E-state index in [1.807, 2.05) is 51.1 Å². The maximum Gasteiger partial charge on any atom is 0.410 e. The number of benzene rings is 3. The van der Waals surface area contributed by atoms with Crippen molar-refractivity contribution in [3.05, 3.63) is 83.4 Å². The number of thioether (sulfide) groups is 1. The van der Waals surface area contributed by atoms with E-state index in [2.05, 4.69) is 5.32 Å². The van der Waals surface area contributed by atoms with E-state index in [1.165, 1.54) is 11.8 Å². The van der Waals surface area contributed by atoms with Crippen LogP contribution >= 0.6 is 11.8 Å². The SMILES string of the molecule is CC(C)(C)OC(=O)N1CCC(NC(=O)C2Sc3c(N)ccc4c3C2C(N)(O)C(=O)C4(N)c2ccc(Oc3ccccc3)cc2)CC1. The van der Waals surface area contributed by atoms with Crippen molar-refractivity contribution >= 4 is 35.2 Å². The maximum atomic E-state index is 14.2. The molecule has 1 aliphatic carbocycles. The van der Waals surface area contributed by atoms with Crippen molar-refractivity contribution in [1.82, 2.24) is 10.2 Å². The molecular formula is C34H39N5O6S. The van der Waals surface area contributed by atoms with Crippen molar-refractivity contribution in [3.8, 4) is 11.5 Å². The molecule has 0 spiro atoms. The number of likely N-dealkylation sites (tertiary alicyclic amines) is 1. The largest absolute Gasteiger partial charge is 0.457 e. The van der Waals surface area contributed by atoms with E-state index in [4.69, 9.17) is 26.7 Å². The summed E-state index contributed by atoms with van der Waals surface area (Å²) in [6.07, 6.45) is 0.657. The van der Waals surface area contributed by atoms with Crippen molar-refractivity contribution in [2.24, 2.45) is 11.5 Å². The summed E-state index contributed by atoms with van der Waals surface area (Å²) in [6.45, 7) is 6.28. The van der Waals surface area contributed by atoms with E-state index >= 15 is 0 Å². The fourth-order valence-electron chi connectivity index (χ4n) is 6.50. The lowest BCUT2D eigenvalue weighted by molar-refractivity contribution is -0.146. The number of nitrogens with one attached hydrogen (secondary N) is 1. The summed E-state index contributed by atoms with van der Waals surface area (Å²) in [5.74, 6) is -1.10. The van der Waals surface area contributed by atoms with Crippen LogP contribution in [-0.2, 0) is 19.9 Å². The first-order valence-corrected chi connectivity index (χ1v) is 16.1. The van der Waals surface area contributed by atoms with Crippen molar-refractivity contribution in [2.45, 2.75) is 72.6 Å². The second-order valence-corrected chi connectivity index (χ2v) is 14.3. The van der Waals surface area contributed by atoms with Crippen LogP contribution in [0.1, 0.15) is 56.2 Å². The molecule has 1 saturated heterocycles. The number of nitrogens with zero attached hydrogens (tertiary/aromatic N) is 1. The van der Waals surface area contributed by atoms with Crippen LogP contribution in [-0.4, -0.2) is 63.5 Å². The Hall–Kier alpha value is -4.10. The van der Waals surface area contributed by atoms with E-state index in [1.54, 1.807) is 41.3 Å². The van der Waals surface area contributed by atoms with Crippen LogP contribution in [0.2, 0.25) is 0 Å². The molecule has 242 valence electrons. The molecule has 4 unspecified atom stereocenters. The predicted octanol–water partition coefficient (Wildman–Crippen LogP) is 3.57. The van der Waals surface area contributed by atoms with Gasteiger partial charge in [0.15, 0.2) is 5.72 Å². The number of anilines is 1. The Morgan fingerprint density at radius 3 is 2.24 bits per heavy atom. The zero-order valence-corrected chi connectivity index (χ0v) is 26.8. The number of para-hydroxylation sites is 1. The molecular weight excluding hydrogens is 606 g/mol. The zero-order valence-electron chi connectivity index (χ0n) is 26.0. The van der Waals surface area contributed by atoms with Gasteiger partial charge in [-0.3, -0.25) is 15.3 Å². The number of ketones is 1. The summed E-state index contributed by atoms with van der Waals surface area (Å²) >= 11 is 1.17. The molecule has 1 fully saturated rings. The maximum absolute atomic E-state index is 14.2. The number of amides is 2. The third-order valence-corrected chi connectivity index (χ3v) is 10.2. The standard InChI is InChI=1S/C34H39N5O6S/c1-32(2,3)45-31(42)39-17-15-20(16-18-39)38-29(40)28-26-25-23(13-14-24(35)27(25)46-28)33(36,30(41)34(26,37)43)19-9-11-22(12-10-19)44-21-7-5-4-6-8-21/h4-14,20,26,28,43H,15-18,35-37H2,1-3H3,(H,38,40). The molecule has 2 aliphatic heterocycles. The molecule has 0 radical (unpaired) electrons. The topological polar surface area (TPSA) is 183 Å². The highest BCUT2D eigenvalue weighted by molar-refractivity contribution is 8.01. The lowest BCUT2D eigenvalue weighted by Gasteiger charge is -2.45. The van der Waals surface area contributed by atoms with Crippen molar-refractivity contribution < 1.29 is 29.0 Å². The smallest absolute Gasteiger partial charge is 0.410 e. The fourth-order valence-corrected chi connectivity index (χ4v) is 7.97. The van der Waals surface area contributed by atoms with Crippen LogP contribution in [0.4, 0.5) is 10.5 Å². The number of aliphatic hydroxyl groups is 1. The van der Waals surface area contributed by atoms with E-state index in [0.29, 0.717) is 64.7 Å². The molecule has 46 heavy (non-hydrogen) atoms. The molecule has 6 rings (SSSR count). The normalized spacial score (nSPS) is 26.0. The molecule has 3 aromatic carbocycles. The first kappa shape index (κ1) is 31.9. The lowest BCUT2D eigenvalue weighted by Crippen LogP contribution is -2.68.